The number of benzene rings is 1. The summed E-state index contributed by atoms with van der Waals surface area (Å²) in [5.74, 6) is -2.46. The quantitative estimate of drug-likeness (QED) is 0.286. The molecule has 0 bridgehead atoms. The molecule has 0 amide bonds. The summed E-state index contributed by atoms with van der Waals surface area (Å²) in [6.45, 7) is 1.96. The van der Waals surface area contributed by atoms with E-state index in [0.29, 0.717) is 18.5 Å². The van der Waals surface area contributed by atoms with Gasteiger partial charge in [0.25, 0.3) is 0 Å². The first-order valence-corrected chi connectivity index (χ1v) is 14.1. The lowest BCUT2D eigenvalue weighted by atomic mass is 9.80. The molecule has 202 valence electrons. The maximum absolute atomic E-state index is 13.4. The number of alkyl halides is 3. The fourth-order valence-electron chi connectivity index (χ4n) is 5.75. The maximum atomic E-state index is 13.4. The minimum Gasteiger partial charge on any atom is -0.261 e. The van der Waals surface area contributed by atoms with Crippen molar-refractivity contribution >= 4 is 10.0 Å². The number of hydrogen-bond donors (Lipinski definition) is 0. The fourth-order valence-corrected chi connectivity index (χ4v) is 7.12. The van der Waals surface area contributed by atoms with Crippen molar-refractivity contribution in [1.29, 1.82) is 0 Å². The highest BCUT2D eigenvalue weighted by Crippen LogP contribution is 2.47. The zero-order valence-electron chi connectivity index (χ0n) is 20.8. The van der Waals surface area contributed by atoms with E-state index in [-0.39, 0.29) is 37.2 Å². The van der Waals surface area contributed by atoms with Gasteiger partial charge in [-0.05, 0) is 55.2 Å². The van der Waals surface area contributed by atoms with E-state index in [2.05, 4.69) is 10.1 Å². The Morgan fingerprint density at radius 2 is 1.89 bits per heavy atom. The van der Waals surface area contributed by atoms with Crippen LogP contribution in [0.2, 0.25) is 0 Å². The predicted molar refractivity (Wildman–Crippen MR) is 135 cm³/mol. The van der Waals surface area contributed by atoms with Crippen molar-refractivity contribution in [3.63, 3.8) is 0 Å². The first-order valence-electron chi connectivity index (χ1n) is 12.5. The first-order chi connectivity index (χ1) is 18.0. The van der Waals surface area contributed by atoms with E-state index in [1.54, 1.807) is 47.4 Å². The number of halogens is 4. The van der Waals surface area contributed by atoms with Crippen LogP contribution in [0.5, 0.6) is 0 Å². The Labute approximate surface area is 219 Å². The van der Waals surface area contributed by atoms with E-state index in [0.717, 1.165) is 33.2 Å². The third-order valence-electron chi connectivity index (χ3n) is 7.44. The third-order valence-corrected chi connectivity index (χ3v) is 9.25. The van der Waals surface area contributed by atoms with Gasteiger partial charge in [0.15, 0.2) is 5.75 Å². The molecule has 0 N–H and O–H groups in total. The van der Waals surface area contributed by atoms with Gasteiger partial charge in [-0.3, -0.25) is 4.98 Å². The van der Waals surface area contributed by atoms with Gasteiger partial charge in [-0.15, -0.1) is 0 Å². The van der Waals surface area contributed by atoms with Crippen LogP contribution in [0, 0.1) is 11.7 Å². The zero-order chi connectivity index (χ0) is 27.1. The molecule has 11 heteroatoms. The minimum absolute atomic E-state index is 0.00411. The second-order valence-electron chi connectivity index (χ2n) is 9.93. The van der Waals surface area contributed by atoms with Crippen LogP contribution >= 0.6 is 0 Å². The molecule has 0 aliphatic heterocycles. The van der Waals surface area contributed by atoms with Crippen molar-refractivity contribution in [1.82, 2.24) is 19.1 Å². The standard InChI is InChI=1S/C27H28F4N4O2S/c1-18-24-15-33-35(23-9-7-21(28)8-10-23)25(24)14-19-5-6-20(26(18)19)16-34(38(36,37)17-27(29,30)31)13-11-22-4-2-3-12-32-22/h2-4,7-10,12,15,18,20H,5-6,11,13-14,16-17H2,1H3/t18-,20+/m0/s1. The van der Waals surface area contributed by atoms with Crippen LogP contribution in [0.15, 0.2) is 66.0 Å². The largest absolute Gasteiger partial charge is 0.404 e. The summed E-state index contributed by atoms with van der Waals surface area (Å²) in [5, 5.41) is 4.53. The van der Waals surface area contributed by atoms with Crippen molar-refractivity contribution in [2.75, 3.05) is 18.8 Å². The molecule has 2 aliphatic carbocycles. The lowest BCUT2D eigenvalue weighted by Crippen LogP contribution is -2.42. The van der Waals surface area contributed by atoms with E-state index in [9.17, 15) is 26.0 Å². The highest BCUT2D eigenvalue weighted by molar-refractivity contribution is 7.89. The Bertz CT molecular complexity index is 1430. The lowest BCUT2D eigenvalue weighted by molar-refractivity contribution is -0.107. The summed E-state index contributed by atoms with van der Waals surface area (Å²) >= 11 is 0. The van der Waals surface area contributed by atoms with Crippen molar-refractivity contribution < 1.29 is 26.0 Å². The summed E-state index contributed by atoms with van der Waals surface area (Å²) in [4.78, 5) is 4.19. The van der Waals surface area contributed by atoms with Gasteiger partial charge < -0.3 is 0 Å². The van der Waals surface area contributed by atoms with Crippen molar-refractivity contribution in [3.8, 4) is 5.69 Å². The molecule has 0 saturated carbocycles. The molecule has 3 aromatic rings. The van der Waals surface area contributed by atoms with Crippen LogP contribution in [0.3, 0.4) is 0 Å². The molecule has 2 atom stereocenters. The van der Waals surface area contributed by atoms with Crippen LogP contribution in [0.1, 0.15) is 42.6 Å². The number of rotatable bonds is 8. The average Bonchev–Trinajstić information content (AvgIpc) is 3.46. The zero-order valence-corrected chi connectivity index (χ0v) is 21.6. The molecular weight excluding hydrogens is 520 g/mol. The number of allylic oxidation sites excluding steroid dienone is 1. The Hall–Kier alpha value is -3.05. The molecule has 2 aromatic heterocycles. The van der Waals surface area contributed by atoms with E-state index < -0.39 is 22.0 Å². The topological polar surface area (TPSA) is 68.1 Å². The van der Waals surface area contributed by atoms with Crippen LogP contribution in [-0.4, -0.2) is 52.5 Å². The van der Waals surface area contributed by atoms with E-state index in [1.807, 2.05) is 6.92 Å². The summed E-state index contributed by atoms with van der Waals surface area (Å²) in [6, 6.07) is 11.3. The maximum Gasteiger partial charge on any atom is 0.404 e. The average molecular weight is 549 g/mol. The minimum atomic E-state index is -4.83. The van der Waals surface area contributed by atoms with Crippen molar-refractivity contribution in [2.45, 2.75) is 44.7 Å². The van der Waals surface area contributed by atoms with Gasteiger partial charge in [-0.25, -0.2) is 21.8 Å². The fraction of sp³-hybridized carbons (Fsp3) is 0.407. The number of hydrogen-bond acceptors (Lipinski definition) is 4. The molecule has 5 rings (SSSR count). The predicted octanol–water partition coefficient (Wildman–Crippen LogP) is 5.21. The van der Waals surface area contributed by atoms with E-state index in [1.165, 1.54) is 17.7 Å². The summed E-state index contributed by atoms with van der Waals surface area (Å²) in [5.41, 5.74) is 5.64. The van der Waals surface area contributed by atoms with Gasteiger partial charge in [0.1, 0.15) is 5.82 Å². The smallest absolute Gasteiger partial charge is 0.261 e. The molecular formula is C27H28F4N4O2S. The monoisotopic (exact) mass is 548 g/mol. The number of aromatic nitrogens is 3. The summed E-state index contributed by atoms with van der Waals surface area (Å²) in [6.07, 6.45) is 0.778. The lowest BCUT2D eigenvalue weighted by Gasteiger charge is -2.31. The first kappa shape index (κ1) is 26.6. The third kappa shape index (κ3) is 5.54. The molecule has 2 aliphatic rings. The van der Waals surface area contributed by atoms with Crippen LogP contribution in [0.4, 0.5) is 17.6 Å². The Morgan fingerprint density at radius 3 is 2.58 bits per heavy atom. The van der Waals surface area contributed by atoms with Crippen molar-refractivity contribution in [3.05, 3.63) is 88.8 Å². The highest BCUT2D eigenvalue weighted by Gasteiger charge is 2.42. The van der Waals surface area contributed by atoms with E-state index in [4.69, 9.17) is 0 Å². The normalized spacial score (nSPS) is 19.6. The van der Waals surface area contributed by atoms with Gasteiger partial charge in [0, 0.05) is 49.3 Å². The van der Waals surface area contributed by atoms with Gasteiger partial charge >= 0.3 is 6.18 Å². The molecule has 6 nitrogen and oxygen atoms in total. The van der Waals surface area contributed by atoms with E-state index >= 15 is 0 Å². The van der Waals surface area contributed by atoms with Gasteiger partial charge in [-0.2, -0.15) is 18.3 Å². The van der Waals surface area contributed by atoms with Crippen LogP contribution < -0.4 is 0 Å². The molecule has 38 heavy (non-hydrogen) atoms. The van der Waals surface area contributed by atoms with Gasteiger partial charge in [0.2, 0.25) is 10.0 Å². The second-order valence-corrected chi connectivity index (χ2v) is 11.9. The number of fused-ring (bicyclic) bond motifs is 1. The number of sulfonamides is 1. The Kier molecular flexibility index (Phi) is 7.17. The molecule has 0 fully saturated rings. The molecule has 1 aromatic carbocycles. The molecule has 0 spiro atoms. The Balaban J connectivity index is 1.40. The number of nitrogens with zero attached hydrogens (tertiary/aromatic N) is 4. The van der Waals surface area contributed by atoms with Crippen LogP contribution in [-0.2, 0) is 22.9 Å². The highest BCUT2D eigenvalue weighted by atomic mass is 32.2. The van der Waals surface area contributed by atoms with Gasteiger partial charge in [-0.1, -0.05) is 24.1 Å². The summed E-state index contributed by atoms with van der Waals surface area (Å²) in [7, 11) is -4.58. The summed E-state index contributed by atoms with van der Waals surface area (Å²) < 4.78 is 81.6. The number of pyridine rings is 1. The second kappa shape index (κ2) is 10.3. The van der Waals surface area contributed by atoms with Crippen LogP contribution in [0.25, 0.3) is 5.69 Å². The van der Waals surface area contributed by atoms with Crippen molar-refractivity contribution in [2.24, 2.45) is 5.92 Å². The molecule has 2 heterocycles. The SMILES string of the molecule is C[C@@H]1C2=C(CC[C@@H]2CN(CCc2ccccn2)S(=O)(=O)CC(F)(F)F)Cc2c1cnn2-c1ccc(F)cc1. The Morgan fingerprint density at radius 1 is 1.13 bits per heavy atom. The van der Waals surface area contributed by atoms with Gasteiger partial charge in [0.05, 0.1) is 17.6 Å². The molecule has 0 radical (unpaired) electrons. The molecule has 0 saturated heterocycles. The molecule has 0 unspecified atom stereocenters.